The van der Waals surface area contributed by atoms with Gasteiger partial charge in [-0.1, -0.05) is 12.8 Å². The van der Waals surface area contributed by atoms with Gasteiger partial charge in [-0.3, -0.25) is 9.78 Å². The Balaban J connectivity index is 1.86. The van der Waals surface area contributed by atoms with E-state index in [-0.39, 0.29) is 5.91 Å². The molecule has 0 radical (unpaired) electrons. The number of methoxy groups -OCH3 is 1. The molecule has 0 aliphatic heterocycles. The Morgan fingerprint density at radius 3 is 2.95 bits per heavy atom. The second-order valence-corrected chi connectivity index (χ2v) is 5.19. The summed E-state index contributed by atoms with van der Waals surface area (Å²) in [4.78, 5) is 16.1. The van der Waals surface area contributed by atoms with Crippen molar-refractivity contribution in [3.63, 3.8) is 0 Å². The number of pyridine rings is 1. The first kappa shape index (κ1) is 14.8. The van der Waals surface area contributed by atoms with Crippen LogP contribution < -0.4 is 10.6 Å². The lowest BCUT2D eigenvalue weighted by atomic mass is 10.2. The average molecular weight is 277 g/mol. The van der Waals surface area contributed by atoms with E-state index in [4.69, 9.17) is 4.74 Å². The first-order valence-corrected chi connectivity index (χ1v) is 7.28. The summed E-state index contributed by atoms with van der Waals surface area (Å²) in [5.41, 5.74) is 1.53. The number of hydrogen-bond donors (Lipinski definition) is 2. The van der Waals surface area contributed by atoms with Gasteiger partial charge in [0.15, 0.2) is 0 Å². The SMILES string of the molecule is COCCCNC(=O)c1cncc(NC2CCCC2)c1. The Morgan fingerprint density at radius 1 is 1.40 bits per heavy atom. The van der Waals surface area contributed by atoms with Crippen molar-refractivity contribution < 1.29 is 9.53 Å². The largest absolute Gasteiger partial charge is 0.385 e. The third kappa shape index (κ3) is 4.49. The molecule has 0 unspecified atom stereocenters. The number of anilines is 1. The standard InChI is InChI=1S/C15H23N3O2/c1-20-8-4-7-17-15(19)12-9-14(11-16-10-12)18-13-5-2-3-6-13/h9-11,13,18H,2-8H2,1H3,(H,17,19). The van der Waals surface area contributed by atoms with Crippen LogP contribution in [0, 0.1) is 0 Å². The summed E-state index contributed by atoms with van der Waals surface area (Å²) in [6, 6.07) is 2.40. The average Bonchev–Trinajstić information content (AvgIpc) is 2.96. The van der Waals surface area contributed by atoms with Crippen molar-refractivity contribution in [2.45, 2.75) is 38.1 Å². The van der Waals surface area contributed by atoms with Crippen molar-refractivity contribution in [3.8, 4) is 0 Å². The Bertz CT molecular complexity index is 431. The van der Waals surface area contributed by atoms with E-state index in [0.717, 1.165) is 12.1 Å². The van der Waals surface area contributed by atoms with Gasteiger partial charge in [-0.25, -0.2) is 0 Å². The molecular formula is C15H23N3O2. The molecule has 0 saturated heterocycles. The van der Waals surface area contributed by atoms with Crippen LogP contribution in [0.15, 0.2) is 18.5 Å². The summed E-state index contributed by atoms with van der Waals surface area (Å²) in [5, 5.41) is 6.32. The molecular weight excluding hydrogens is 254 g/mol. The van der Waals surface area contributed by atoms with Gasteiger partial charge in [0.1, 0.15) is 0 Å². The van der Waals surface area contributed by atoms with E-state index in [1.807, 2.05) is 6.07 Å². The number of ether oxygens (including phenoxy) is 1. The molecule has 110 valence electrons. The van der Waals surface area contributed by atoms with E-state index in [1.54, 1.807) is 19.5 Å². The van der Waals surface area contributed by atoms with Crippen LogP contribution in [0.4, 0.5) is 5.69 Å². The van der Waals surface area contributed by atoms with E-state index in [9.17, 15) is 4.79 Å². The summed E-state index contributed by atoms with van der Waals surface area (Å²) in [7, 11) is 1.66. The first-order chi connectivity index (χ1) is 9.79. The van der Waals surface area contributed by atoms with Crippen molar-refractivity contribution in [3.05, 3.63) is 24.0 Å². The van der Waals surface area contributed by atoms with Gasteiger partial charge in [-0.15, -0.1) is 0 Å². The van der Waals surface area contributed by atoms with Gasteiger partial charge in [0.05, 0.1) is 11.3 Å². The van der Waals surface area contributed by atoms with Gasteiger partial charge in [-0.2, -0.15) is 0 Å². The maximum absolute atomic E-state index is 12.0. The molecule has 1 aromatic heterocycles. The van der Waals surface area contributed by atoms with Crippen molar-refractivity contribution in [1.82, 2.24) is 10.3 Å². The Kier molecular flexibility index (Phi) is 5.80. The van der Waals surface area contributed by atoms with Gasteiger partial charge < -0.3 is 15.4 Å². The third-order valence-corrected chi connectivity index (χ3v) is 3.54. The number of hydrogen-bond acceptors (Lipinski definition) is 4. The number of nitrogens with one attached hydrogen (secondary N) is 2. The summed E-state index contributed by atoms with van der Waals surface area (Å²) in [6.45, 7) is 1.27. The van der Waals surface area contributed by atoms with Crippen LogP contribution >= 0.6 is 0 Å². The zero-order chi connectivity index (χ0) is 14.2. The van der Waals surface area contributed by atoms with E-state index in [2.05, 4.69) is 15.6 Å². The minimum atomic E-state index is -0.0799. The van der Waals surface area contributed by atoms with Gasteiger partial charge in [0.25, 0.3) is 5.91 Å². The molecule has 0 aromatic carbocycles. The quantitative estimate of drug-likeness (QED) is 0.750. The number of aromatic nitrogens is 1. The van der Waals surface area contributed by atoms with Crippen molar-refractivity contribution >= 4 is 11.6 Å². The lowest BCUT2D eigenvalue weighted by Crippen LogP contribution is -2.25. The maximum Gasteiger partial charge on any atom is 0.252 e. The highest BCUT2D eigenvalue weighted by Crippen LogP contribution is 2.22. The summed E-state index contributed by atoms with van der Waals surface area (Å²) in [5.74, 6) is -0.0799. The molecule has 0 atom stereocenters. The fourth-order valence-electron chi connectivity index (χ4n) is 2.47. The van der Waals surface area contributed by atoms with E-state index in [1.165, 1.54) is 25.7 Å². The smallest absolute Gasteiger partial charge is 0.252 e. The van der Waals surface area contributed by atoms with Crippen molar-refractivity contribution in [2.75, 3.05) is 25.6 Å². The van der Waals surface area contributed by atoms with Crippen LogP contribution in [0.1, 0.15) is 42.5 Å². The predicted octanol–water partition coefficient (Wildman–Crippen LogP) is 2.20. The zero-order valence-electron chi connectivity index (χ0n) is 12.0. The molecule has 5 nitrogen and oxygen atoms in total. The second kappa shape index (κ2) is 7.85. The second-order valence-electron chi connectivity index (χ2n) is 5.19. The summed E-state index contributed by atoms with van der Waals surface area (Å²) in [6.07, 6.45) is 9.16. The predicted molar refractivity (Wildman–Crippen MR) is 78.9 cm³/mol. The molecule has 20 heavy (non-hydrogen) atoms. The Hall–Kier alpha value is -1.62. The van der Waals surface area contributed by atoms with Crippen LogP contribution in [-0.4, -0.2) is 37.2 Å². The zero-order valence-corrected chi connectivity index (χ0v) is 12.0. The molecule has 1 aromatic rings. The normalized spacial score (nSPS) is 15.2. The number of carbonyl (C=O) groups excluding carboxylic acids is 1. The molecule has 2 N–H and O–H groups in total. The first-order valence-electron chi connectivity index (χ1n) is 7.28. The minimum absolute atomic E-state index is 0.0799. The van der Waals surface area contributed by atoms with E-state index < -0.39 is 0 Å². The van der Waals surface area contributed by atoms with Gasteiger partial charge in [0.2, 0.25) is 0 Å². The monoisotopic (exact) mass is 277 g/mol. The van der Waals surface area contributed by atoms with E-state index in [0.29, 0.717) is 24.8 Å². The van der Waals surface area contributed by atoms with Crippen LogP contribution in [0.25, 0.3) is 0 Å². The molecule has 0 spiro atoms. The molecule has 0 bridgehead atoms. The van der Waals surface area contributed by atoms with Crippen molar-refractivity contribution in [1.29, 1.82) is 0 Å². The lowest BCUT2D eigenvalue weighted by molar-refractivity contribution is 0.0948. The molecule has 1 aliphatic carbocycles. The van der Waals surface area contributed by atoms with Crippen LogP contribution in [-0.2, 0) is 4.74 Å². The number of nitrogens with zero attached hydrogens (tertiary/aromatic N) is 1. The Morgan fingerprint density at radius 2 is 2.20 bits per heavy atom. The molecule has 1 amide bonds. The van der Waals surface area contributed by atoms with Crippen LogP contribution in [0.2, 0.25) is 0 Å². The van der Waals surface area contributed by atoms with Gasteiger partial charge >= 0.3 is 0 Å². The molecule has 1 heterocycles. The maximum atomic E-state index is 12.0. The molecule has 1 fully saturated rings. The highest BCUT2D eigenvalue weighted by Gasteiger charge is 2.15. The van der Waals surface area contributed by atoms with Crippen LogP contribution in [0.3, 0.4) is 0 Å². The molecule has 1 saturated carbocycles. The highest BCUT2D eigenvalue weighted by atomic mass is 16.5. The fraction of sp³-hybridized carbons (Fsp3) is 0.600. The molecule has 2 rings (SSSR count). The number of carbonyl (C=O) groups is 1. The highest BCUT2D eigenvalue weighted by molar-refractivity contribution is 5.94. The van der Waals surface area contributed by atoms with Crippen molar-refractivity contribution in [2.24, 2.45) is 0 Å². The molecule has 5 heteroatoms. The van der Waals surface area contributed by atoms with E-state index >= 15 is 0 Å². The number of rotatable bonds is 7. The van der Waals surface area contributed by atoms with Gasteiger partial charge in [0, 0.05) is 38.7 Å². The van der Waals surface area contributed by atoms with Crippen LogP contribution in [0.5, 0.6) is 0 Å². The molecule has 1 aliphatic rings. The minimum Gasteiger partial charge on any atom is -0.385 e. The Labute approximate surface area is 120 Å². The fourth-order valence-corrected chi connectivity index (χ4v) is 2.47. The third-order valence-electron chi connectivity index (χ3n) is 3.54. The topological polar surface area (TPSA) is 63.2 Å². The number of amides is 1. The lowest BCUT2D eigenvalue weighted by Gasteiger charge is -2.13. The summed E-state index contributed by atoms with van der Waals surface area (Å²) < 4.78 is 4.95. The van der Waals surface area contributed by atoms with Gasteiger partial charge in [-0.05, 0) is 25.3 Å². The summed E-state index contributed by atoms with van der Waals surface area (Å²) >= 11 is 0.